The van der Waals surface area contributed by atoms with Crippen LogP contribution in [0.25, 0.3) is 21.0 Å². The van der Waals surface area contributed by atoms with Crippen molar-refractivity contribution in [2.24, 2.45) is 0 Å². The summed E-state index contributed by atoms with van der Waals surface area (Å²) in [6.07, 6.45) is 1.52. The summed E-state index contributed by atoms with van der Waals surface area (Å²) in [6.45, 7) is 0.110. The van der Waals surface area contributed by atoms with Crippen LogP contribution in [0.3, 0.4) is 0 Å². The van der Waals surface area contributed by atoms with Crippen LogP contribution in [0.5, 0.6) is 0 Å². The molecule has 0 aliphatic heterocycles. The average Bonchev–Trinajstić information content (AvgIpc) is 3.41. The monoisotopic (exact) mass is 420 g/mol. The summed E-state index contributed by atoms with van der Waals surface area (Å²) >= 11 is 1.06. The van der Waals surface area contributed by atoms with Gasteiger partial charge in [-0.15, -0.1) is 0 Å². The first-order valence-electron chi connectivity index (χ1n) is 9.18. The van der Waals surface area contributed by atoms with Crippen molar-refractivity contribution in [2.75, 3.05) is 4.90 Å². The Morgan fingerprint density at radius 1 is 1.03 bits per heavy atom. The molecule has 0 bridgehead atoms. The van der Waals surface area contributed by atoms with Gasteiger partial charge in [-0.2, -0.15) is 0 Å². The number of nitrogens with zero attached hydrogens (tertiary/aromatic N) is 2. The maximum absolute atomic E-state index is 14.2. The van der Waals surface area contributed by atoms with Gasteiger partial charge in [0.05, 0.1) is 17.5 Å². The molecule has 0 saturated carbocycles. The Balaban J connectivity index is 1.65. The maximum Gasteiger partial charge on any atom is 0.261 e. The molecule has 5 rings (SSSR count). The van der Waals surface area contributed by atoms with Gasteiger partial charge in [-0.1, -0.05) is 47.7 Å². The second kappa shape index (κ2) is 7.35. The van der Waals surface area contributed by atoms with Crippen molar-refractivity contribution >= 4 is 43.4 Å². The van der Waals surface area contributed by atoms with Crippen LogP contribution in [-0.4, -0.2) is 10.9 Å². The molecule has 0 N–H and O–H groups in total. The van der Waals surface area contributed by atoms with Crippen LogP contribution in [0.2, 0.25) is 0 Å². The number of halogens is 2. The molecular weight excluding hydrogens is 406 g/mol. The molecule has 0 fully saturated rings. The Kier molecular flexibility index (Phi) is 4.52. The van der Waals surface area contributed by atoms with E-state index in [1.165, 1.54) is 17.2 Å². The summed E-state index contributed by atoms with van der Waals surface area (Å²) < 4.78 is 33.6. The number of aromatic nitrogens is 1. The lowest BCUT2D eigenvalue weighted by Crippen LogP contribution is -2.30. The zero-order valence-electron chi connectivity index (χ0n) is 15.5. The molecule has 30 heavy (non-hydrogen) atoms. The maximum atomic E-state index is 14.2. The fourth-order valence-electron chi connectivity index (χ4n) is 3.40. The van der Waals surface area contributed by atoms with Crippen LogP contribution < -0.4 is 4.90 Å². The van der Waals surface area contributed by atoms with Gasteiger partial charge in [-0.05, 0) is 35.0 Å². The molecule has 0 aliphatic carbocycles. The van der Waals surface area contributed by atoms with Gasteiger partial charge in [-0.3, -0.25) is 9.69 Å². The summed E-state index contributed by atoms with van der Waals surface area (Å²) in [7, 11) is 0. The van der Waals surface area contributed by atoms with E-state index in [-0.39, 0.29) is 23.1 Å². The highest BCUT2D eigenvalue weighted by Crippen LogP contribution is 2.33. The zero-order chi connectivity index (χ0) is 20.7. The van der Waals surface area contributed by atoms with E-state index in [2.05, 4.69) is 4.98 Å². The smallest absolute Gasteiger partial charge is 0.261 e. The summed E-state index contributed by atoms with van der Waals surface area (Å²) in [4.78, 5) is 19.3. The molecule has 0 spiro atoms. The molecular formula is C23H14F2N2O2S. The van der Waals surface area contributed by atoms with Gasteiger partial charge in [-0.25, -0.2) is 13.8 Å². The van der Waals surface area contributed by atoms with E-state index in [4.69, 9.17) is 4.42 Å². The van der Waals surface area contributed by atoms with Crippen LogP contribution in [-0.2, 0) is 6.54 Å². The predicted molar refractivity (Wildman–Crippen MR) is 113 cm³/mol. The predicted octanol–water partition coefficient (Wildman–Crippen LogP) is 6.17. The number of hydrogen-bond acceptors (Lipinski definition) is 4. The number of rotatable bonds is 4. The molecule has 2 heterocycles. The minimum absolute atomic E-state index is 0.0339. The van der Waals surface area contributed by atoms with Crippen LogP contribution in [0.15, 0.2) is 77.4 Å². The van der Waals surface area contributed by atoms with E-state index in [1.54, 1.807) is 18.2 Å². The van der Waals surface area contributed by atoms with E-state index in [9.17, 15) is 13.6 Å². The Morgan fingerprint density at radius 3 is 2.70 bits per heavy atom. The molecule has 2 aromatic heterocycles. The standard InChI is InChI=1S/C23H14F2N2O2S/c24-15-11-19(25)21-20(12-15)30-23(26-21)27(13-16-7-4-10-29-16)22(28)18-9-3-6-14-5-1-2-8-17(14)18/h1-12H,13H2. The summed E-state index contributed by atoms with van der Waals surface area (Å²) in [5, 5.41) is 2.00. The first-order chi connectivity index (χ1) is 14.6. The number of amides is 1. The van der Waals surface area contributed by atoms with Gasteiger partial charge in [0.25, 0.3) is 5.91 Å². The van der Waals surface area contributed by atoms with Gasteiger partial charge in [0.15, 0.2) is 10.9 Å². The molecule has 148 valence electrons. The summed E-state index contributed by atoms with van der Waals surface area (Å²) in [5.41, 5.74) is 0.525. The number of thiazole rings is 1. The highest BCUT2D eigenvalue weighted by atomic mass is 32.1. The Bertz CT molecular complexity index is 1370. The molecule has 5 aromatic rings. The highest BCUT2D eigenvalue weighted by molar-refractivity contribution is 7.22. The van der Waals surface area contributed by atoms with Crippen molar-refractivity contribution in [1.82, 2.24) is 4.98 Å². The minimum Gasteiger partial charge on any atom is -0.467 e. The average molecular weight is 420 g/mol. The number of fused-ring (bicyclic) bond motifs is 2. The van der Waals surface area contributed by atoms with Gasteiger partial charge in [0, 0.05) is 11.6 Å². The van der Waals surface area contributed by atoms with Crippen LogP contribution in [0.1, 0.15) is 16.1 Å². The first-order valence-corrected chi connectivity index (χ1v) is 9.99. The lowest BCUT2D eigenvalue weighted by Gasteiger charge is -2.19. The third kappa shape index (κ3) is 3.23. The normalized spacial score (nSPS) is 11.3. The van der Waals surface area contributed by atoms with Crippen molar-refractivity contribution < 1.29 is 18.0 Å². The highest BCUT2D eigenvalue weighted by Gasteiger charge is 2.25. The number of hydrogen-bond donors (Lipinski definition) is 0. The summed E-state index contributed by atoms with van der Waals surface area (Å²) in [6, 6.07) is 18.5. The minimum atomic E-state index is -0.761. The SMILES string of the molecule is O=C(c1cccc2ccccc12)N(Cc1ccco1)c1nc2c(F)cc(F)cc2s1. The van der Waals surface area contributed by atoms with Crippen molar-refractivity contribution in [3.05, 3.63) is 96.0 Å². The molecule has 0 radical (unpaired) electrons. The molecule has 0 aliphatic rings. The Labute approximate surface area is 174 Å². The van der Waals surface area contributed by atoms with Gasteiger partial charge < -0.3 is 4.42 Å². The first kappa shape index (κ1) is 18.4. The lowest BCUT2D eigenvalue weighted by atomic mass is 10.0. The van der Waals surface area contributed by atoms with Gasteiger partial charge in [0.2, 0.25) is 0 Å². The number of benzene rings is 3. The molecule has 1 amide bonds. The summed E-state index contributed by atoms with van der Waals surface area (Å²) in [5.74, 6) is -1.20. The number of carbonyl (C=O) groups excluding carboxylic acids is 1. The fourth-order valence-corrected chi connectivity index (χ4v) is 4.41. The molecule has 4 nitrogen and oxygen atoms in total. The van der Waals surface area contributed by atoms with Crippen molar-refractivity contribution in [3.8, 4) is 0 Å². The van der Waals surface area contributed by atoms with Crippen LogP contribution in [0, 0.1) is 11.6 Å². The van der Waals surface area contributed by atoms with E-state index in [0.717, 1.165) is 28.2 Å². The van der Waals surface area contributed by atoms with Crippen molar-refractivity contribution in [2.45, 2.75) is 6.54 Å². The number of furan rings is 1. The Hall–Kier alpha value is -3.58. The van der Waals surface area contributed by atoms with Crippen LogP contribution >= 0.6 is 11.3 Å². The third-order valence-corrected chi connectivity index (χ3v) is 5.82. The number of carbonyl (C=O) groups is 1. The largest absolute Gasteiger partial charge is 0.467 e. The van der Waals surface area contributed by atoms with Crippen LogP contribution in [0.4, 0.5) is 13.9 Å². The quantitative estimate of drug-likeness (QED) is 0.349. The van der Waals surface area contributed by atoms with E-state index in [0.29, 0.717) is 16.0 Å². The lowest BCUT2D eigenvalue weighted by molar-refractivity contribution is 0.0985. The second-order valence-corrected chi connectivity index (χ2v) is 7.74. The second-order valence-electron chi connectivity index (χ2n) is 6.73. The zero-order valence-corrected chi connectivity index (χ0v) is 16.3. The molecule has 0 saturated heterocycles. The third-order valence-electron chi connectivity index (χ3n) is 4.79. The van der Waals surface area contributed by atoms with E-state index in [1.807, 2.05) is 36.4 Å². The van der Waals surface area contributed by atoms with Gasteiger partial charge in [0.1, 0.15) is 17.1 Å². The van der Waals surface area contributed by atoms with Gasteiger partial charge >= 0.3 is 0 Å². The molecule has 3 aromatic carbocycles. The molecule has 0 atom stereocenters. The van der Waals surface area contributed by atoms with Crippen molar-refractivity contribution in [1.29, 1.82) is 0 Å². The number of anilines is 1. The molecule has 7 heteroatoms. The van der Waals surface area contributed by atoms with E-state index >= 15 is 0 Å². The molecule has 0 unspecified atom stereocenters. The Morgan fingerprint density at radius 2 is 1.87 bits per heavy atom. The topological polar surface area (TPSA) is 46.3 Å². The van der Waals surface area contributed by atoms with Crippen molar-refractivity contribution in [3.63, 3.8) is 0 Å². The fraction of sp³-hybridized carbons (Fsp3) is 0.0435. The van der Waals surface area contributed by atoms with E-state index < -0.39 is 11.6 Å².